The minimum Gasteiger partial charge on any atom is -0.458 e. The Hall–Kier alpha value is -0.765. The zero-order valence-corrected chi connectivity index (χ0v) is 7.08. The molecule has 0 saturated carbocycles. The number of amides is 1. The summed E-state index contributed by atoms with van der Waals surface area (Å²) in [6.45, 7) is 3.31. The van der Waals surface area contributed by atoms with Gasteiger partial charge in [-0.05, 0) is 6.42 Å². The number of carbonyl (C=O) groups excluding carboxylic acids is 1. The Kier molecular flexibility index (Phi) is 5.56. The van der Waals surface area contributed by atoms with Crippen LogP contribution in [-0.2, 0) is 4.79 Å². The van der Waals surface area contributed by atoms with Gasteiger partial charge in [-0.15, -0.1) is 0 Å². The maximum absolute atomic E-state index is 10.7. The maximum atomic E-state index is 10.7. The molecule has 0 aromatic carbocycles. The van der Waals surface area contributed by atoms with Gasteiger partial charge in [0.1, 0.15) is 0 Å². The van der Waals surface area contributed by atoms with Gasteiger partial charge in [0.05, 0.1) is 0 Å². The molecule has 0 radical (unpaired) electrons. The average Bonchev–Trinajstić information content (AvgIpc) is 2.10. The molecule has 0 atom stereocenters. The fourth-order valence-corrected chi connectivity index (χ4v) is 0.927. The van der Waals surface area contributed by atoms with Crippen LogP contribution in [0, 0.1) is 0 Å². The first-order valence-electron chi connectivity index (χ1n) is 3.66. The molecule has 1 heterocycles. The van der Waals surface area contributed by atoms with Crippen LogP contribution in [0.2, 0.25) is 0 Å². The molecule has 0 spiro atoms. The monoisotopic (exact) mass is 155 g/mol. The molecule has 3 nitrogen and oxygen atoms in total. The lowest BCUT2D eigenvalue weighted by Crippen LogP contribution is -2.31. The Morgan fingerprint density at radius 3 is 2.45 bits per heavy atom. The highest BCUT2D eigenvalue weighted by molar-refractivity contribution is 5.95. The second-order valence-corrected chi connectivity index (χ2v) is 2.23. The molecule has 1 amide bonds. The van der Waals surface area contributed by atoms with Crippen LogP contribution in [0.25, 0.3) is 0 Å². The summed E-state index contributed by atoms with van der Waals surface area (Å²) < 4.78 is 0. The van der Waals surface area contributed by atoms with Gasteiger partial charge in [0.25, 0.3) is 8.05 Å². The van der Waals surface area contributed by atoms with Crippen LogP contribution < -0.4 is 0 Å². The molecular weight excluding hydrogens is 141 g/mol. The van der Waals surface area contributed by atoms with Crippen molar-refractivity contribution in [2.75, 3.05) is 13.1 Å². The minimum atomic E-state index is 0.180. The Bertz CT molecular complexity index is 147. The van der Waals surface area contributed by atoms with Crippen LogP contribution in [0.1, 0.15) is 13.3 Å². The van der Waals surface area contributed by atoms with Gasteiger partial charge >= 0.3 is 0 Å². The molecular formula is C7H14BNO2. The lowest BCUT2D eigenvalue weighted by atomic mass is 10.2. The molecule has 0 unspecified atom stereocenters. The predicted octanol–water partition coefficient (Wildman–Crippen LogP) is -0.678. The first kappa shape index (κ1) is 10.2. The van der Waals surface area contributed by atoms with Crippen LogP contribution >= 0.6 is 0 Å². The molecule has 0 aliphatic carbocycles. The van der Waals surface area contributed by atoms with Crippen LogP contribution in [0.15, 0.2) is 12.2 Å². The molecule has 4 heteroatoms. The number of hydrogen-bond acceptors (Lipinski definition) is 2. The Morgan fingerprint density at radius 1 is 1.55 bits per heavy atom. The van der Waals surface area contributed by atoms with E-state index < -0.39 is 0 Å². The van der Waals surface area contributed by atoms with Crippen LogP contribution in [0.3, 0.4) is 0 Å². The Balaban J connectivity index is 0.000000461. The van der Waals surface area contributed by atoms with Crippen molar-refractivity contribution < 1.29 is 9.82 Å². The van der Waals surface area contributed by atoms with Gasteiger partial charge in [-0.25, -0.2) is 0 Å². The van der Waals surface area contributed by atoms with Gasteiger partial charge in [-0.2, -0.15) is 0 Å². The van der Waals surface area contributed by atoms with Crippen molar-refractivity contribution in [3.05, 3.63) is 12.2 Å². The number of nitrogens with zero attached hydrogens (tertiary/aromatic N) is 1. The van der Waals surface area contributed by atoms with Gasteiger partial charge in [0, 0.05) is 20.0 Å². The third kappa shape index (κ3) is 3.83. The highest BCUT2D eigenvalue weighted by Crippen LogP contribution is 1.99. The molecule has 1 aliphatic rings. The first-order valence-corrected chi connectivity index (χ1v) is 3.66. The van der Waals surface area contributed by atoms with E-state index in [0.29, 0.717) is 0 Å². The van der Waals surface area contributed by atoms with Gasteiger partial charge in [0.2, 0.25) is 5.91 Å². The maximum Gasteiger partial charge on any atom is 0.252 e. The molecule has 0 bridgehead atoms. The number of hydrogen-bond donors (Lipinski definition) is 1. The van der Waals surface area contributed by atoms with Crippen molar-refractivity contribution in [3.8, 4) is 0 Å². The Morgan fingerprint density at radius 2 is 2.18 bits per heavy atom. The van der Waals surface area contributed by atoms with E-state index in [0.717, 1.165) is 27.6 Å². The second-order valence-electron chi connectivity index (χ2n) is 2.23. The predicted molar refractivity (Wildman–Crippen MR) is 46.8 cm³/mol. The highest BCUT2D eigenvalue weighted by Gasteiger charge is 2.06. The summed E-state index contributed by atoms with van der Waals surface area (Å²) in [4.78, 5) is 12.5. The molecule has 11 heavy (non-hydrogen) atoms. The largest absolute Gasteiger partial charge is 0.458 e. The standard InChI is InChI=1S/C7H11NO.BH3O/c1-7(9)8-5-3-2-4-6-8;1-2/h2-3H,4-6H2,1H3;2H,1H2. The van der Waals surface area contributed by atoms with Crippen molar-refractivity contribution in [2.45, 2.75) is 13.3 Å². The number of rotatable bonds is 0. The zero-order chi connectivity index (χ0) is 8.69. The lowest BCUT2D eigenvalue weighted by molar-refractivity contribution is -0.128. The topological polar surface area (TPSA) is 40.5 Å². The summed E-state index contributed by atoms with van der Waals surface area (Å²) in [6.07, 6.45) is 5.16. The van der Waals surface area contributed by atoms with Crippen LogP contribution in [0.5, 0.6) is 0 Å². The molecule has 1 rings (SSSR count). The SMILES string of the molecule is BO.CC(=O)N1CC=CCC1. The van der Waals surface area contributed by atoms with Crippen LogP contribution in [-0.4, -0.2) is 37.0 Å². The van der Waals surface area contributed by atoms with E-state index in [4.69, 9.17) is 5.02 Å². The molecule has 62 valence electrons. The fraction of sp³-hybridized carbons (Fsp3) is 0.571. The molecule has 1 aliphatic heterocycles. The minimum absolute atomic E-state index is 0.180. The molecule has 1 N–H and O–H groups in total. The van der Waals surface area contributed by atoms with Gasteiger partial charge in [-0.3, -0.25) is 4.79 Å². The lowest BCUT2D eigenvalue weighted by Gasteiger charge is -2.20. The van der Waals surface area contributed by atoms with E-state index in [1.165, 1.54) is 0 Å². The van der Waals surface area contributed by atoms with E-state index >= 15 is 0 Å². The second kappa shape index (κ2) is 5.98. The normalized spacial score (nSPS) is 15.3. The molecule has 0 fully saturated rings. The summed E-state index contributed by atoms with van der Waals surface area (Å²) in [6, 6.07) is 0. The fourth-order valence-electron chi connectivity index (χ4n) is 0.927. The Labute approximate surface area is 68.1 Å². The highest BCUT2D eigenvalue weighted by atomic mass is 16.2. The van der Waals surface area contributed by atoms with E-state index in [2.05, 4.69) is 6.08 Å². The number of carbonyl (C=O) groups is 1. The van der Waals surface area contributed by atoms with Crippen molar-refractivity contribution in [1.82, 2.24) is 4.90 Å². The third-order valence-electron chi connectivity index (χ3n) is 1.50. The quantitative estimate of drug-likeness (QED) is 0.372. The van der Waals surface area contributed by atoms with Crippen molar-refractivity contribution in [2.24, 2.45) is 0 Å². The third-order valence-corrected chi connectivity index (χ3v) is 1.50. The van der Waals surface area contributed by atoms with Gasteiger partial charge < -0.3 is 9.92 Å². The molecule has 0 saturated heterocycles. The van der Waals surface area contributed by atoms with Crippen molar-refractivity contribution in [3.63, 3.8) is 0 Å². The summed E-state index contributed by atoms with van der Waals surface area (Å²) in [5, 5.41) is 7.00. The van der Waals surface area contributed by atoms with Crippen molar-refractivity contribution >= 4 is 14.0 Å². The molecule has 0 aromatic rings. The summed E-state index contributed by atoms with van der Waals surface area (Å²) in [5.74, 6) is 0.180. The van der Waals surface area contributed by atoms with E-state index in [1.54, 1.807) is 6.92 Å². The van der Waals surface area contributed by atoms with Gasteiger partial charge in [0.15, 0.2) is 0 Å². The summed E-state index contributed by atoms with van der Waals surface area (Å²) >= 11 is 0. The summed E-state index contributed by atoms with van der Waals surface area (Å²) in [5.41, 5.74) is 0. The van der Waals surface area contributed by atoms with Crippen LogP contribution in [0.4, 0.5) is 0 Å². The average molecular weight is 155 g/mol. The summed E-state index contributed by atoms with van der Waals surface area (Å²) in [7, 11) is 1.00. The first-order chi connectivity index (χ1) is 5.30. The van der Waals surface area contributed by atoms with E-state index in [1.807, 2.05) is 11.0 Å². The van der Waals surface area contributed by atoms with E-state index in [9.17, 15) is 4.79 Å². The van der Waals surface area contributed by atoms with Crippen molar-refractivity contribution in [1.29, 1.82) is 0 Å². The zero-order valence-electron chi connectivity index (χ0n) is 7.08. The smallest absolute Gasteiger partial charge is 0.252 e. The van der Waals surface area contributed by atoms with E-state index in [-0.39, 0.29) is 5.91 Å². The van der Waals surface area contributed by atoms with Gasteiger partial charge in [-0.1, -0.05) is 12.2 Å². The molecule has 0 aromatic heterocycles.